The third-order valence-electron chi connectivity index (χ3n) is 5.40. The van der Waals surface area contributed by atoms with E-state index < -0.39 is 35.2 Å². The van der Waals surface area contributed by atoms with E-state index in [9.17, 15) is 24.6 Å². The molecule has 0 aromatic rings. The van der Waals surface area contributed by atoms with E-state index in [2.05, 4.69) is 16.4 Å². The van der Waals surface area contributed by atoms with Gasteiger partial charge in [0.15, 0.2) is 6.10 Å². The van der Waals surface area contributed by atoms with Gasteiger partial charge in [0.2, 0.25) is 5.60 Å². The highest BCUT2D eigenvalue weighted by molar-refractivity contribution is 6.02. The minimum atomic E-state index is -2.84. The second-order valence-electron chi connectivity index (χ2n) is 7.33. The SMILES string of the molecule is CCCCCCCCCCCCC1(C(=O)OC)OC(=O)C(O)C1(O)C(=O)OC. The topological polar surface area (TPSA) is 119 Å². The van der Waals surface area contributed by atoms with Gasteiger partial charge in [-0.2, -0.15) is 0 Å². The lowest BCUT2D eigenvalue weighted by Crippen LogP contribution is -2.66. The largest absolute Gasteiger partial charge is 0.467 e. The Morgan fingerprint density at radius 2 is 1.39 bits per heavy atom. The number of carbonyl (C=O) groups is 3. The molecular formula is C20H34O8. The maximum atomic E-state index is 12.4. The molecule has 8 nitrogen and oxygen atoms in total. The third kappa shape index (κ3) is 5.03. The summed E-state index contributed by atoms with van der Waals surface area (Å²) in [7, 11) is 2.04. The Labute approximate surface area is 166 Å². The number of hydrogen-bond acceptors (Lipinski definition) is 8. The zero-order valence-corrected chi connectivity index (χ0v) is 17.2. The van der Waals surface area contributed by atoms with Crippen LogP contribution in [0.4, 0.5) is 0 Å². The summed E-state index contributed by atoms with van der Waals surface area (Å²) in [6.45, 7) is 2.18. The third-order valence-corrected chi connectivity index (χ3v) is 5.40. The summed E-state index contributed by atoms with van der Waals surface area (Å²) in [5, 5.41) is 20.8. The summed E-state index contributed by atoms with van der Waals surface area (Å²) in [5.41, 5.74) is -5.16. The highest BCUT2D eigenvalue weighted by atomic mass is 16.6. The van der Waals surface area contributed by atoms with E-state index in [4.69, 9.17) is 4.74 Å². The van der Waals surface area contributed by atoms with Crippen LogP contribution in [0.3, 0.4) is 0 Å². The fourth-order valence-corrected chi connectivity index (χ4v) is 3.70. The first-order valence-corrected chi connectivity index (χ1v) is 10.1. The predicted octanol–water partition coefficient (Wildman–Crippen LogP) is 2.03. The lowest BCUT2D eigenvalue weighted by Gasteiger charge is -2.35. The molecule has 0 saturated carbocycles. The van der Waals surface area contributed by atoms with Crippen molar-refractivity contribution >= 4 is 17.9 Å². The van der Waals surface area contributed by atoms with Crippen molar-refractivity contribution in [2.75, 3.05) is 14.2 Å². The Morgan fingerprint density at radius 1 is 0.929 bits per heavy atom. The van der Waals surface area contributed by atoms with E-state index in [0.717, 1.165) is 39.9 Å². The maximum absolute atomic E-state index is 12.4. The number of esters is 3. The first-order chi connectivity index (χ1) is 13.3. The number of cyclic esters (lactones) is 1. The molecule has 0 radical (unpaired) electrons. The fourth-order valence-electron chi connectivity index (χ4n) is 3.70. The zero-order chi connectivity index (χ0) is 21.2. The quantitative estimate of drug-likeness (QED) is 0.273. The van der Waals surface area contributed by atoms with Crippen molar-refractivity contribution in [1.82, 2.24) is 0 Å². The minimum absolute atomic E-state index is 0.148. The molecule has 2 N–H and O–H groups in total. The van der Waals surface area contributed by atoms with Crippen LogP contribution in [0.15, 0.2) is 0 Å². The van der Waals surface area contributed by atoms with Gasteiger partial charge in [0.05, 0.1) is 14.2 Å². The van der Waals surface area contributed by atoms with Gasteiger partial charge in [-0.05, 0) is 6.42 Å². The Morgan fingerprint density at radius 3 is 1.86 bits per heavy atom. The van der Waals surface area contributed by atoms with E-state index in [1.54, 1.807) is 0 Å². The summed E-state index contributed by atoms with van der Waals surface area (Å²) in [4.78, 5) is 36.4. The Bertz CT molecular complexity index is 534. The van der Waals surface area contributed by atoms with Crippen molar-refractivity contribution in [3.05, 3.63) is 0 Å². The van der Waals surface area contributed by atoms with Gasteiger partial charge in [0.1, 0.15) is 0 Å². The molecule has 1 heterocycles. The minimum Gasteiger partial charge on any atom is -0.467 e. The van der Waals surface area contributed by atoms with Gasteiger partial charge in [-0.25, -0.2) is 14.4 Å². The van der Waals surface area contributed by atoms with E-state index >= 15 is 0 Å². The molecule has 1 aliphatic heterocycles. The van der Waals surface area contributed by atoms with Crippen LogP contribution in [0.2, 0.25) is 0 Å². The van der Waals surface area contributed by atoms with Gasteiger partial charge >= 0.3 is 17.9 Å². The standard InChI is InChI=1S/C20H34O8/c1-4-5-6-7-8-9-10-11-12-13-14-19(17(23)26-2)20(25,18(24)27-3)15(21)16(22)28-19/h15,21,25H,4-14H2,1-3H3. The number of ether oxygens (including phenoxy) is 3. The molecule has 1 saturated heterocycles. The molecule has 0 aromatic heterocycles. The summed E-state index contributed by atoms with van der Waals surface area (Å²) in [6.07, 6.45) is 8.03. The molecule has 28 heavy (non-hydrogen) atoms. The molecule has 3 unspecified atom stereocenters. The van der Waals surface area contributed by atoms with Crippen molar-refractivity contribution in [3.63, 3.8) is 0 Å². The number of aliphatic hydroxyl groups excluding tert-OH is 1. The van der Waals surface area contributed by atoms with Crippen LogP contribution in [0.5, 0.6) is 0 Å². The lowest BCUT2D eigenvalue weighted by atomic mass is 9.77. The number of unbranched alkanes of at least 4 members (excludes halogenated alkanes) is 9. The maximum Gasteiger partial charge on any atom is 0.354 e. The first-order valence-electron chi connectivity index (χ1n) is 10.1. The average Bonchev–Trinajstić information content (AvgIpc) is 2.90. The van der Waals surface area contributed by atoms with Crippen LogP contribution >= 0.6 is 0 Å². The highest BCUT2D eigenvalue weighted by Gasteiger charge is 2.75. The second-order valence-corrected chi connectivity index (χ2v) is 7.33. The number of aliphatic hydroxyl groups is 2. The molecule has 0 spiro atoms. The predicted molar refractivity (Wildman–Crippen MR) is 100 cm³/mol. The average molecular weight is 402 g/mol. The van der Waals surface area contributed by atoms with Crippen LogP contribution in [0.25, 0.3) is 0 Å². The Hall–Kier alpha value is -1.67. The van der Waals surface area contributed by atoms with Crippen molar-refractivity contribution in [2.45, 2.75) is 94.9 Å². The van der Waals surface area contributed by atoms with Gasteiger partial charge in [0.25, 0.3) is 5.60 Å². The molecule has 0 bridgehead atoms. The first kappa shape index (κ1) is 24.4. The van der Waals surface area contributed by atoms with Gasteiger partial charge in [0, 0.05) is 6.42 Å². The van der Waals surface area contributed by atoms with Crippen molar-refractivity contribution in [2.24, 2.45) is 0 Å². The van der Waals surface area contributed by atoms with Crippen molar-refractivity contribution < 1.29 is 38.8 Å². The summed E-state index contributed by atoms with van der Waals surface area (Å²) >= 11 is 0. The van der Waals surface area contributed by atoms with Gasteiger partial charge in [-0.1, -0.05) is 64.7 Å². The Kier molecular flexibility index (Phi) is 9.89. The number of carbonyl (C=O) groups excluding carboxylic acids is 3. The van der Waals surface area contributed by atoms with E-state index in [1.807, 2.05) is 0 Å². The van der Waals surface area contributed by atoms with E-state index in [1.165, 1.54) is 32.1 Å². The molecule has 0 aliphatic carbocycles. The highest BCUT2D eigenvalue weighted by Crippen LogP contribution is 2.43. The molecule has 1 aliphatic rings. The Balaban J connectivity index is 2.65. The van der Waals surface area contributed by atoms with Crippen LogP contribution in [0.1, 0.15) is 77.6 Å². The van der Waals surface area contributed by atoms with Gasteiger partial charge in [-0.15, -0.1) is 0 Å². The number of hydrogen-bond donors (Lipinski definition) is 2. The second kappa shape index (κ2) is 11.4. The van der Waals surface area contributed by atoms with Crippen LogP contribution in [0, 0.1) is 0 Å². The molecule has 8 heteroatoms. The molecule has 1 fully saturated rings. The van der Waals surface area contributed by atoms with E-state index in [0.29, 0.717) is 6.42 Å². The molecule has 1 rings (SSSR count). The monoisotopic (exact) mass is 402 g/mol. The number of methoxy groups -OCH3 is 2. The van der Waals surface area contributed by atoms with E-state index in [-0.39, 0.29) is 6.42 Å². The van der Waals surface area contributed by atoms with Crippen LogP contribution in [-0.2, 0) is 28.6 Å². The van der Waals surface area contributed by atoms with Crippen molar-refractivity contribution in [3.8, 4) is 0 Å². The molecule has 0 aromatic carbocycles. The zero-order valence-electron chi connectivity index (χ0n) is 17.2. The molecule has 3 atom stereocenters. The molecule has 162 valence electrons. The van der Waals surface area contributed by atoms with Crippen LogP contribution in [-0.4, -0.2) is 59.6 Å². The summed E-state index contributed by atoms with van der Waals surface area (Å²) in [6, 6.07) is 0. The summed E-state index contributed by atoms with van der Waals surface area (Å²) in [5.74, 6) is -3.67. The summed E-state index contributed by atoms with van der Waals surface area (Å²) < 4.78 is 14.2. The van der Waals surface area contributed by atoms with Crippen molar-refractivity contribution in [1.29, 1.82) is 0 Å². The normalized spacial score (nSPS) is 26.8. The molecule has 0 amide bonds. The van der Waals surface area contributed by atoms with Gasteiger partial charge < -0.3 is 24.4 Å². The lowest BCUT2D eigenvalue weighted by molar-refractivity contribution is -0.207. The number of rotatable bonds is 13. The van der Waals surface area contributed by atoms with Crippen LogP contribution < -0.4 is 0 Å². The fraction of sp³-hybridized carbons (Fsp3) is 0.850. The smallest absolute Gasteiger partial charge is 0.354 e. The van der Waals surface area contributed by atoms with Gasteiger partial charge in [-0.3, -0.25) is 0 Å². The molecular weight excluding hydrogens is 368 g/mol.